The molecule has 0 heterocycles. The first kappa shape index (κ1) is 25.8. The van der Waals surface area contributed by atoms with Gasteiger partial charge in [-0.25, -0.2) is 0 Å². The number of rotatable bonds is 15. The van der Waals surface area contributed by atoms with Crippen LogP contribution in [-0.2, 0) is 9.53 Å². The van der Waals surface area contributed by atoms with Crippen LogP contribution in [0.1, 0.15) is 72.6 Å². The fourth-order valence-electron chi connectivity index (χ4n) is 3.41. The number of carbonyl (C=O) groups excluding carboxylic acids is 1. The first-order valence-electron chi connectivity index (χ1n) is 12.1. The standard InChI is InChI=1S/C28H40O4/c1-5-6-7-8-9-10-19-30-26-15-11-24(12-16-26)25-13-17-27(18-14-25)31-21-23(4)32-28(29)20-22(2)3/h11-18,22-23H,5-10,19-21H2,1-4H3. The van der Waals surface area contributed by atoms with Crippen molar-refractivity contribution in [1.29, 1.82) is 0 Å². The second-order valence-corrected chi connectivity index (χ2v) is 8.87. The number of unbranched alkanes of at least 4 members (excludes halogenated alkanes) is 5. The van der Waals surface area contributed by atoms with Gasteiger partial charge in [0.05, 0.1) is 6.61 Å². The Bertz CT molecular complexity index is 765. The van der Waals surface area contributed by atoms with E-state index >= 15 is 0 Å². The number of benzene rings is 2. The third-order valence-corrected chi connectivity index (χ3v) is 5.20. The first-order valence-corrected chi connectivity index (χ1v) is 12.1. The molecule has 0 fully saturated rings. The Kier molecular flexibility index (Phi) is 11.7. The second-order valence-electron chi connectivity index (χ2n) is 8.87. The minimum atomic E-state index is -0.273. The molecule has 0 saturated heterocycles. The van der Waals surface area contributed by atoms with Crippen LogP contribution in [0.25, 0.3) is 11.1 Å². The van der Waals surface area contributed by atoms with E-state index < -0.39 is 0 Å². The van der Waals surface area contributed by atoms with Gasteiger partial charge in [0.1, 0.15) is 24.2 Å². The predicted molar refractivity (Wildman–Crippen MR) is 131 cm³/mol. The zero-order valence-corrected chi connectivity index (χ0v) is 20.3. The number of carbonyl (C=O) groups is 1. The minimum Gasteiger partial charge on any atom is -0.494 e. The number of hydrogen-bond donors (Lipinski definition) is 0. The number of hydrogen-bond acceptors (Lipinski definition) is 4. The lowest BCUT2D eigenvalue weighted by molar-refractivity contribution is -0.150. The normalized spacial score (nSPS) is 11.9. The monoisotopic (exact) mass is 440 g/mol. The maximum atomic E-state index is 11.7. The summed E-state index contributed by atoms with van der Waals surface area (Å²) in [7, 11) is 0. The van der Waals surface area contributed by atoms with Crippen LogP contribution in [0.15, 0.2) is 48.5 Å². The van der Waals surface area contributed by atoms with Crippen LogP contribution in [0.5, 0.6) is 11.5 Å². The van der Waals surface area contributed by atoms with Gasteiger partial charge < -0.3 is 14.2 Å². The fraction of sp³-hybridized carbons (Fsp3) is 0.536. The van der Waals surface area contributed by atoms with E-state index in [4.69, 9.17) is 14.2 Å². The summed E-state index contributed by atoms with van der Waals surface area (Å²) in [6, 6.07) is 16.2. The van der Waals surface area contributed by atoms with E-state index in [0.29, 0.717) is 18.9 Å². The molecule has 0 aliphatic heterocycles. The van der Waals surface area contributed by atoms with Crippen molar-refractivity contribution in [3.05, 3.63) is 48.5 Å². The summed E-state index contributed by atoms with van der Waals surface area (Å²) in [5, 5.41) is 0. The van der Waals surface area contributed by atoms with Crippen molar-refractivity contribution in [2.75, 3.05) is 13.2 Å². The molecule has 4 heteroatoms. The van der Waals surface area contributed by atoms with E-state index in [2.05, 4.69) is 19.1 Å². The predicted octanol–water partition coefficient (Wildman–Crippen LogP) is 7.45. The molecule has 0 amide bonds. The average Bonchev–Trinajstić information content (AvgIpc) is 2.77. The second kappa shape index (κ2) is 14.5. The lowest BCUT2D eigenvalue weighted by Gasteiger charge is -2.15. The van der Waals surface area contributed by atoms with Gasteiger partial charge in [0, 0.05) is 6.42 Å². The van der Waals surface area contributed by atoms with Crippen molar-refractivity contribution in [2.24, 2.45) is 5.92 Å². The van der Waals surface area contributed by atoms with Crippen molar-refractivity contribution < 1.29 is 19.0 Å². The van der Waals surface area contributed by atoms with Gasteiger partial charge in [-0.05, 0) is 54.7 Å². The molecule has 0 saturated carbocycles. The van der Waals surface area contributed by atoms with Gasteiger partial charge in [0.25, 0.3) is 0 Å². The molecule has 0 aliphatic carbocycles. The van der Waals surface area contributed by atoms with Crippen LogP contribution in [0.3, 0.4) is 0 Å². The molecule has 32 heavy (non-hydrogen) atoms. The van der Waals surface area contributed by atoms with Crippen LogP contribution < -0.4 is 9.47 Å². The lowest BCUT2D eigenvalue weighted by atomic mass is 10.1. The van der Waals surface area contributed by atoms with Crippen LogP contribution in [0, 0.1) is 5.92 Å². The van der Waals surface area contributed by atoms with E-state index in [-0.39, 0.29) is 12.1 Å². The molecule has 0 N–H and O–H groups in total. The summed E-state index contributed by atoms with van der Waals surface area (Å²) in [6.07, 6.45) is 7.77. The Balaban J connectivity index is 1.73. The van der Waals surface area contributed by atoms with Crippen LogP contribution >= 0.6 is 0 Å². The van der Waals surface area contributed by atoms with Gasteiger partial charge >= 0.3 is 5.97 Å². The highest BCUT2D eigenvalue weighted by Gasteiger charge is 2.12. The summed E-state index contributed by atoms with van der Waals surface area (Å²) in [5.74, 6) is 1.80. The molecular weight excluding hydrogens is 400 g/mol. The molecular formula is C28H40O4. The van der Waals surface area contributed by atoms with Crippen molar-refractivity contribution >= 4 is 5.97 Å². The molecule has 2 aromatic rings. The molecule has 0 aliphatic rings. The van der Waals surface area contributed by atoms with Crippen LogP contribution in [-0.4, -0.2) is 25.3 Å². The van der Waals surface area contributed by atoms with E-state index in [0.717, 1.165) is 35.7 Å². The Hall–Kier alpha value is -2.49. The van der Waals surface area contributed by atoms with E-state index in [1.807, 2.05) is 57.2 Å². The molecule has 176 valence electrons. The first-order chi connectivity index (χ1) is 15.5. The maximum absolute atomic E-state index is 11.7. The number of esters is 1. The van der Waals surface area contributed by atoms with Crippen molar-refractivity contribution in [3.8, 4) is 22.6 Å². The summed E-state index contributed by atoms with van der Waals surface area (Å²) < 4.78 is 17.0. The average molecular weight is 441 g/mol. The van der Waals surface area contributed by atoms with E-state index in [9.17, 15) is 4.79 Å². The smallest absolute Gasteiger partial charge is 0.306 e. The van der Waals surface area contributed by atoms with Crippen LogP contribution in [0.4, 0.5) is 0 Å². The van der Waals surface area contributed by atoms with Gasteiger partial charge in [0.15, 0.2) is 0 Å². The van der Waals surface area contributed by atoms with E-state index in [1.165, 1.54) is 32.1 Å². The Morgan fingerprint density at radius 3 is 1.84 bits per heavy atom. The van der Waals surface area contributed by atoms with Gasteiger partial charge in [-0.2, -0.15) is 0 Å². The number of ether oxygens (including phenoxy) is 3. The third-order valence-electron chi connectivity index (χ3n) is 5.20. The van der Waals surface area contributed by atoms with Gasteiger partial charge in [-0.15, -0.1) is 0 Å². The van der Waals surface area contributed by atoms with Crippen molar-refractivity contribution in [2.45, 2.75) is 78.7 Å². The SMILES string of the molecule is CCCCCCCCOc1ccc(-c2ccc(OCC(C)OC(=O)CC(C)C)cc2)cc1. The van der Waals surface area contributed by atoms with Crippen molar-refractivity contribution in [3.63, 3.8) is 0 Å². The Labute approximate surface area is 194 Å². The van der Waals surface area contributed by atoms with Crippen LogP contribution in [0.2, 0.25) is 0 Å². The zero-order valence-electron chi connectivity index (χ0n) is 20.3. The molecule has 4 nitrogen and oxygen atoms in total. The highest BCUT2D eigenvalue weighted by Crippen LogP contribution is 2.25. The minimum absolute atomic E-state index is 0.175. The quantitative estimate of drug-likeness (QED) is 0.213. The highest BCUT2D eigenvalue weighted by molar-refractivity contribution is 5.69. The van der Waals surface area contributed by atoms with Gasteiger partial charge in [-0.1, -0.05) is 77.1 Å². The summed E-state index contributed by atoms with van der Waals surface area (Å²) in [5.41, 5.74) is 2.26. The Morgan fingerprint density at radius 1 is 0.750 bits per heavy atom. The zero-order chi connectivity index (χ0) is 23.2. The van der Waals surface area contributed by atoms with Gasteiger partial charge in [0.2, 0.25) is 0 Å². The maximum Gasteiger partial charge on any atom is 0.306 e. The third kappa shape index (κ3) is 10.2. The summed E-state index contributed by atoms with van der Waals surface area (Å²) in [6.45, 7) is 9.22. The molecule has 0 bridgehead atoms. The van der Waals surface area contributed by atoms with E-state index in [1.54, 1.807) is 0 Å². The van der Waals surface area contributed by atoms with Crippen molar-refractivity contribution in [1.82, 2.24) is 0 Å². The molecule has 0 spiro atoms. The van der Waals surface area contributed by atoms with Gasteiger partial charge in [-0.3, -0.25) is 4.79 Å². The molecule has 0 aromatic heterocycles. The summed E-state index contributed by atoms with van der Waals surface area (Å²) >= 11 is 0. The topological polar surface area (TPSA) is 44.8 Å². The lowest BCUT2D eigenvalue weighted by Crippen LogP contribution is -2.22. The molecule has 1 atom stereocenters. The fourth-order valence-corrected chi connectivity index (χ4v) is 3.41. The molecule has 1 unspecified atom stereocenters. The molecule has 2 aromatic carbocycles. The Morgan fingerprint density at radius 2 is 1.28 bits per heavy atom. The molecule has 0 radical (unpaired) electrons. The highest BCUT2D eigenvalue weighted by atomic mass is 16.6. The summed E-state index contributed by atoms with van der Waals surface area (Å²) in [4.78, 5) is 11.7. The molecule has 2 rings (SSSR count). The largest absolute Gasteiger partial charge is 0.494 e.